The van der Waals surface area contributed by atoms with Gasteiger partial charge in [-0.3, -0.25) is 4.79 Å². The summed E-state index contributed by atoms with van der Waals surface area (Å²) in [6, 6.07) is 4.32. The first kappa shape index (κ1) is 34.1. The number of ether oxygens (including phenoxy) is 2. The third-order valence-corrected chi connectivity index (χ3v) is 9.35. The Hall–Kier alpha value is -3.25. The van der Waals surface area contributed by atoms with E-state index in [4.69, 9.17) is 26.1 Å². The van der Waals surface area contributed by atoms with E-state index in [0.717, 1.165) is 69.6 Å². The SMILES string of the molecule is COCCN1CCC(c2cc(OC3CC3)c(Nc3ncc(Cl)c(NC4=CN(C)NC4(C)C(C=O)C(=O)CC(C)C)n3)cc2C)CC1. The van der Waals surface area contributed by atoms with Crippen LogP contribution in [0.2, 0.25) is 5.02 Å². The van der Waals surface area contributed by atoms with Gasteiger partial charge in [0.2, 0.25) is 5.95 Å². The smallest absolute Gasteiger partial charge is 0.229 e. The molecular weight excluding hydrogens is 606 g/mol. The van der Waals surface area contributed by atoms with Crippen LogP contribution in [0, 0.1) is 18.8 Å². The lowest BCUT2D eigenvalue weighted by molar-refractivity contribution is -0.130. The number of nitrogens with one attached hydrogen (secondary N) is 3. The zero-order valence-corrected chi connectivity index (χ0v) is 28.6. The van der Waals surface area contributed by atoms with E-state index in [-0.39, 0.29) is 17.8 Å². The van der Waals surface area contributed by atoms with Gasteiger partial charge < -0.3 is 34.8 Å². The number of benzene rings is 1. The average Bonchev–Trinajstić information content (AvgIpc) is 3.78. The zero-order valence-electron chi connectivity index (χ0n) is 27.9. The maximum atomic E-state index is 13.1. The summed E-state index contributed by atoms with van der Waals surface area (Å²) in [6.07, 6.45) is 8.87. The molecule has 0 radical (unpaired) electrons. The molecule has 2 fully saturated rings. The lowest BCUT2D eigenvalue weighted by Gasteiger charge is -2.34. The number of aromatic nitrogens is 2. The number of hydrogen-bond acceptors (Lipinski definition) is 11. The maximum Gasteiger partial charge on any atom is 0.229 e. The number of rotatable bonds is 15. The van der Waals surface area contributed by atoms with Gasteiger partial charge in [-0.25, -0.2) is 10.4 Å². The molecule has 12 heteroatoms. The number of piperidine rings is 1. The number of aldehydes is 1. The molecule has 1 aromatic carbocycles. The fraction of sp³-hybridized carbons (Fsp3) is 0.588. The van der Waals surface area contributed by atoms with Gasteiger partial charge in [-0.2, -0.15) is 4.98 Å². The first-order valence-electron chi connectivity index (χ1n) is 16.3. The number of hydrazine groups is 1. The number of anilines is 3. The molecule has 0 amide bonds. The molecule has 2 aliphatic heterocycles. The number of nitrogens with zero attached hydrogens (tertiary/aromatic N) is 4. The van der Waals surface area contributed by atoms with Crippen LogP contribution in [0.5, 0.6) is 5.75 Å². The van der Waals surface area contributed by atoms with Gasteiger partial charge in [-0.15, -0.1) is 0 Å². The second kappa shape index (κ2) is 14.7. The molecule has 2 unspecified atom stereocenters. The Labute approximate surface area is 277 Å². The van der Waals surface area contributed by atoms with Crippen molar-refractivity contribution in [2.24, 2.45) is 11.8 Å². The van der Waals surface area contributed by atoms with Crippen LogP contribution in [-0.2, 0) is 14.3 Å². The van der Waals surface area contributed by atoms with Gasteiger partial charge in [0.15, 0.2) is 5.82 Å². The van der Waals surface area contributed by atoms with Gasteiger partial charge in [0.1, 0.15) is 22.8 Å². The van der Waals surface area contributed by atoms with Crippen molar-refractivity contribution in [3.63, 3.8) is 0 Å². The Bertz CT molecular complexity index is 1440. The average molecular weight is 654 g/mol. The Balaban J connectivity index is 1.36. The molecule has 3 heterocycles. The topological polar surface area (TPSA) is 121 Å². The lowest BCUT2D eigenvalue weighted by atomic mass is 9.80. The molecule has 0 bridgehead atoms. The minimum atomic E-state index is -1.01. The van der Waals surface area contributed by atoms with E-state index < -0.39 is 11.5 Å². The van der Waals surface area contributed by atoms with E-state index in [1.54, 1.807) is 18.3 Å². The van der Waals surface area contributed by atoms with Crippen LogP contribution in [0.25, 0.3) is 0 Å². The number of carbonyl (C=O) groups is 2. The number of likely N-dealkylation sites (tertiary alicyclic amines) is 1. The van der Waals surface area contributed by atoms with Crippen molar-refractivity contribution in [2.45, 2.75) is 77.4 Å². The van der Waals surface area contributed by atoms with Crippen molar-refractivity contribution in [3.8, 4) is 5.75 Å². The standard InChI is InChI=1S/C34H48ClN7O4/c1-21(2)15-29(44)26(20-43)34(4)31(19-41(5)40-34)38-32-27(35)18-36-33(39-32)37-28-16-22(3)25(17-30(28)46-24-7-8-24)23-9-11-42(12-10-23)13-14-45-6/h16-21,23-24,26,40H,7-15H2,1-6H3,(H2,36,37,38,39). The highest BCUT2D eigenvalue weighted by Crippen LogP contribution is 2.40. The van der Waals surface area contributed by atoms with Crippen molar-refractivity contribution >= 4 is 41.1 Å². The molecule has 1 saturated heterocycles. The van der Waals surface area contributed by atoms with Gasteiger partial charge in [0, 0.05) is 33.3 Å². The Morgan fingerprint density at radius 1 is 1.22 bits per heavy atom. The molecule has 3 aliphatic rings. The highest BCUT2D eigenvalue weighted by molar-refractivity contribution is 6.32. The highest BCUT2D eigenvalue weighted by Gasteiger charge is 2.46. The van der Waals surface area contributed by atoms with E-state index in [1.165, 1.54) is 17.3 Å². The predicted molar refractivity (Wildman–Crippen MR) is 180 cm³/mol. The Kier molecular flexibility index (Phi) is 10.9. The summed E-state index contributed by atoms with van der Waals surface area (Å²) in [5.74, 6) is 1.07. The van der Waals surface area contributed by atoms with Crippen molar-refractivity contribution in [1.82, 2.24) is 25.3 Å². The molecule has 46 heavy (non-hydrogen) atoms. The fourth-order valence-electron chi connectivity index (χ4n) is 6.40. The molecule has 11 nitrogen and oxygen atoms in total. The van der Waals surface area contributed by atoms with Gasteiger partial charge in [-0.1, -0.05) is 25.4 Å². The van der Waals surface area contributed by atoms with E-state index in [9.17, 15) is 9.59 Å². The van der Waals surface area contributed by atoms with Crippen molar-refractivity contribution in [2.75, 3.05) is 51.0 Å². The molecular formula is C34H48ClN7O4. The van der Waals surface area contributed by atoms with Crippen molar-refractivity contribution < 1.29 is 19.1 Å². The molecule has 2 atom stereocenters. The van der Waals surface area contributed by atoms with Gasteiger partial charge in [0.25, 0.3) is 0 Å². The largest absolute Gasteiger partial charge is 0.488 e. The van der Waals surface area contributed by atoms with Crippen LogP contribution in [0.3, 0.4) is 0 Å². The molecule has 1 aromatic heterocycles. The number of Topliss-reactive ketones (excluding diaryl/α,β-unsaturated/α-hetero) is 1. The molecule has 3 N–H and O–H groups in total. The predicted octanol–water partition coefficient (Wildman–Crippen LogP) is 5.44. The van der Waals surface area contributed by atoms with Crippen LogP contribution in [0.15, 0.2) is 30.2 Å². The van der Waals surface area contributed by atoms with Crippen LogP contribution in [-0.4, -0.2) is 84.0 Å². The number of aryl methyl sites for hydroxylation is 1. The fourth-order valence-corrected chi connectivity index (χ4v) is 6.54. The second-order valence-electron chi connectivity index (χ2n) is 13.4. The lowest BCUT2D eigenvalue weighted by Crippen LogP contribution is -2.54. The molecule has 0 spiro atoms. The number of hydrogen-bond donors (Lipinski definition) is 3. The summed E-state index contributed by atoms with van der Waals surface area (Å²) in [7, 11) is 3.57. The normalized spacial score (nSPS) is 21.3. The van der Waals surface area contributed by atoms with Gasteiger partial charge in [0.05, 0.1) is 41.7 Å². The summed E-state index contributed by atoms with van der Waals surface area (Å²) in [4.78, 5) is 37.0. The van der Waals surface area contributed by atoms with Gasteiger partial charge in [-0.05, 0) is 87.7 Å². The van der Waals surface area contributed by atoms with Crippen LogP contribution in [0.1, 0.15) is 69.9 Å². The van der Waals surface area contributed by atoms with Crippen molar-refractivity contribution in [1.29, 1.82) is 0 Å². The van der Waals surface area contributed by atoms with Crippen molar-refractivity contribution in [3.05, 3.63) is 46.4 Å². The third-order valence-electron chi connectivity index (χ3n) is 9.07. The minimum Gasteiger partial charge on any atom is -0.488 e. The number of halogens is 1. The molecule has 250 valence electrons. The van der Waals surface area contributed by atoms with E-state index in [0.29, 0.717) is 34.8 Å². The minimum absolute atomic E-state index is 0.127. The Morgan fingerprint density at radius 2 is 1.96 bits per heavy atom. The molecule has 1 aliphatic carbocycles. The van der Waals surface area contributed by atoms with Crippen LogP contribution >= 0.6 is 11.6 Å². The summed E-state index contributed by atoms with van der Waals surface area (Å²) < 4.78 is 11.7. The first-order valence-corrected chi connectivity index (χ1v) is 16.7. The summed E-state index contributed by atoms with van der Waals surface area (Å²) >= 11 is 6.58. The highest BCUT2D eigenvalue weighted by atomic mass is 35.5. The quantitative estimate of drug-likeness (QED) is 0.168. The summed E-state index contributed by atoms with van der Waals surface area (Å²) in [5.41, 5.74) is 6.17. The zero-order chi connectivity index (χ0) is 33.0. The number of carbonyl (C=O) groups excluding carboxylic acids is 2. The summed E-state index contributed by atoms with van der Waals surface area (Å²) in [5, 5.41) is 8.70. The van der Waals surface area contributed by atoms with E-state index in [1.807, 2.05) is 27.8 Å². The molecule has 5 rings (SSSR count). The van der Waals surface area contributed by atoms with Crippen LogP contribution < -0.4 is 20.8 Å². The van der Waals surface area contributed by atoms with Gasteiger partial charge >= 0.3 is 0 Å². The van der Waals surface area contributed by atoms with E-state index in [2.05, 4.69) is 45.0 Å². The first-order chi connectivity index (χ1) is 22.0. The molecule has 1 saturated carbocycles. The third kappa shape index (κ3) is 7.99. The molecule has 2 aromatic rings. The van der Waals surface area contributed by atoms with Crippen LogP contribution in [0.4, 0.5) is 17.5 Å². The second-order valence-corrected chi connectivity index (χ2v) is 13.8. The monoisotopic (exact) mass is 653 g/mol. The number of ketones is 1. The van der Waals surface area contributed by atoms with E-state index >= 15 is 0 Å². The Morgan fingerprint density at radius 3 is 2.61 bits per heavy atom. The maximum absolute atomic E-state index is 13.1. The number of methoxy groups -OCH3 is 1. The summed E-state index contributed by atoms with van der Waals surface area (Å²) in [6.45, 7) is 11.7.